The van der Waals surface area contributed by atoms with Crippen LogP contribution in [0.15, 0.2) is 36.9 Å². The first-order valence-corrected chi connectivity index (χ1v) is 8.53. The molecule has 0 saturated carbocycles. The van der Waals surface area contributed by atoms with Gasteiger partial charge in [-0.05, 0) is 30.5 Å². The molecule has 0 unspecified atom stereocenters. The monoisotopic (exact) mass is 325 g/mol. The zero-order valence-corrected chi connectivity index (χ0v) is 14.1. The number of rotatable bonds is 4. The van der Waals surface area contributed by atoms with Crippen molar-refractivity contribution in [2.45, 2.75) is 26.2 Å². The van der Waals surface area contributed by atoms with Crippen molar-refractivity contribution in [2.75, 3.05) is 31.1 Å². The maximum atomic E-state index is 12.6. The molecule has 0 N–H and O–H groups in total. The Kier molecular flexibility index (Phi) is 5.36. The van der Waals surface area contributed by atoms with Gasteiger partial charge < -0.3 is 9.80 Å². The summed E-state index contributed by atoms with van der Waals surface area (Å²) in [5, 5.41) is 0. The average Bonchev–Trinajstić information content (AvgIpc) is 2.89. The second kappa shape index (κ2) is 7.86. The van der Waals surface area contributed by atoms with Crippen LogP contribution in [0.1, 0.15) is 35.7 Å². The van der Waals surface area contributed by atoms with E-state index in [0.717, 1.165) is 44.8 Å². The van der Waals surface area contributed by atoms with E-state index in [1.54, 1.807) is 24.5 Å². The number of carbonyl (C=O) groups excluding carboxylic acids is 1. The second-order valence-corrected chi connectivity index (χ2v) is 6.01. The third kappa shape index (κ3) is 3.88. The minimum atomic E-state index is 0.0680. The van der Waals surface area contributed by atoms with Gasteiger partial charge in [0, 0.05) is 56.5 Å². The topological polar surface area (TPSA) is 62.2 Å². The normalized spacial score (nSPS) is 15.2. The third-order valence-corrected chi connectivity index (χ3v) is 4.22. The van der Waals surface area contributed by atoms with Gasteiger partial charge in [0.15, 0.2) is 0 Å². The molecule has 3 rings (SSSR count). The van der Waals surface area contributed by atoms with E-state index in [-0.39, 0.29) is 5.91 Å². The molecule has 126 valence electrons. The Morgan fingerprint density at radius 3 is 2.54 bits per heavy atom. The molecule has 24 heavy (non-hydrogen) atoms. The van der Waals surface area contributed by atoms with Crippen LogP contribution in [0.25, 0.3) is 0 Å². The maximum absolute atomic E-state index is 12.6. The first-order chi connectivity index (χ1) is 11.8. The maximum Gasteiger partial charge on any atom is 0.254 e. The quantitative estimate of drug-likeness (QED) is 0.862. The highest BCUT2D eigenvalue weighted by atomic mass is 16.2. The largest absolute Gasteiger partial charge is 0.339 e. The Labute approximate surface area is 142 Å². The number of amides is 1. The molecule has 3 heterocycles. The SMILES string of the molecule is CCCc1cnc(N2CCCN(C(=O)c3ccncc3)CC2)nc1. The first-order valence-electron chi connectivity index (χ1n) is 8.53. The van der Waals surface area contributed by atoms with Gasteiger partial charge in [0.25, 0.3) is 5.91 Å². The van der Waals surface area contributed by atoms with Crippen LogP contribution in [0.4, 0.5) is 5.95 Å². The minimum Gasteiger partial charge on any atom is -0.339 e. The fourth-order valence-corrected chi connectivity index (χ4v) is 2.93. The molecule has 0 radical (unpaired) electrons. The number of hydrogen-bond acceptors (Lipinski definition) is 5. The number of pyridine rings is 1. The van der Waals surface area contributed by atoms with Gasteiger partial charge in [-0.25, -0.2) is 9.97 Å². The number of anilines is 1. The van der Waals surface area contributed by atoms with Crippen molar-refractivity contribution in [3.8, 4) is 0 Å². The molecule has 0 bridgehead atoms. The van der Waals surface area contributed by atoms with Gasteiger partial charge in [-0.15, -0.1) is 0 Å². The van der Waals surface area contributed by atoms with Gasteiger partial charge >= 0.3 is 0 Å². The molecule has 0 spiro atoms. The Morgan fingerprint density at radius 1 is 1.08 bits per heavy atom. The first kappa shape index (κ1) is 16.4. The summed E-state index contributed by atoms with van der Waals surface area (Å²) in [6.07, 6.45) is 10.2. The van der Waals surface area contributed by atoms with Crippen LogP contribution < -0.4 is 4.90 Å². The highest BCUT2D eigenvalue weighted by molar-refractivity contribution is 5.94. The lowest BCUT2D eigenvalue weighted by atomic mass is 10.2. The van der Waals surface area contributed by atoms with E-state index in [2.05, 4.69) is 26.8 Å². The molecule has 1 fully saturated rings. The van der Waals surface area contributed by atoms with Crippen molar-refractivity contribution in [1.82, 2.24) is 19.9 Å². The molecule has 1 aliphatic heterocycles. The molecule has 1 saturated heterocycles. The van der Waals surface area contributed by atoms with Crippen molar-refractivity contribution in [2.24, 2.45) is 0 Å². The number of aryl methyl sites for hydroxylation is 1. The Hall–Kier alpha value is -2.50. The molecule has 1 aliphatic rings. The molecular formula is C18H23N5O. The molecule has 6 nitrogen and oxygen atoms in total. The standard InChI is InChI=1S/C18H23N5O/c1-2-4-15-13-20-18(21-14-15)23-10-3-9-22(11-12-23)17(24)16-5-7-19-8-6-16/h5-8,13-14H,2-4,9-12H2,1H3. The van der Waals surface area contributed by atoms with Crippen molar-refractivity contribution in [3.05, 3.63) is 48.0 Å². The van der Waals surface area contributed by atoms with Crippen molar-refractivity contribution in [3.63, 3.8) is 0 Å². The van der Waals surface area contributed by atoms with E-state index in [9.17, 15) is 4.79 Å². The van der Waals surface area contributed by atoms with E-state index in [4.69, 9.17) is 0 Å². The van der Waals surface area contributed by atoms with Gasteiger partial charge in [0.1, 0.15) is 0 Å². The van der Waals surface area contributed by atoms with Gasteiger partial charge in [-0.2, -0.15) is 0 Å². The number of hydrogen-bond donors (Lipinski definition) is 0. The van der Waals surface area contributed by atoms with E-state index in [1.165, 1.54) is 5.56 Å². The summed E-state index contributed by atoms with van der Waals surface area (Å²) >= 11 is 0. The zero-order chi connectivity index (χ0) is 16.8. The minimum absolute atomic E-state index is 0.0680. The Morgan fingerprint density at radius 2 is 1.83 bits per heavy atom. The van der Waals surface area contributed by atoms with Gasteiger partial charge in [-0.1, -0.05) is 13.3 Å². The molecule has 2 aromatic heterocycles. The number of aromatic nitrogens is 3. The number of carbonyl (C=O) groups is 1. The average molecular weight is 325 g/mol. The summed E-state index contributed by atoms with van der Waals surface area (Å²) in [6, 6.07) is 3.53. The van der Waals surface area contributed by atoms with Gasteiger partial charge in [-0.3, -0.25) is 9.78 Å². The lowest BCUT2D eigenvalue weighted by molar-refractivity contribution is 0.0767. The van der Waals surface area contributed by atoms with Crippen LogP contribution in [-0.4, -0.2) is 51.9 Å². The molecular weight excluding hydrogens is 302 g/mol. The molecule has 2 aromatic rings. The van der Waals surface area contributed by atoms with E-state index < -0.39 is 0 Å². The van der Waals surface area contributed by atoms with E-state index in [0.29, 0.717) is 12.1 Å². The van der Waals surface area contributed by atoms with Crippen LogP contribution >= 0.6 is 0 Å². The summed E-state index contributed by atoms with van der Waals surface area (Å²) in [7, 11) is 0. The predicted octanol–water partition coefficient (Wildman–Crippen LogP) is 2.18. The van der Waals surface area contributed by atoms with Crippen LogP contribution in [0.5, 0.6) is 0 Å². The molecule has 6 heteroatoms. The molecule has 1 amide bonds. The second-order valence-electron chi connectivity index (χ2n) is 6.01. The van der Waals surface area contributed by atoms with Crippen molar-refractivity contribution >= 4 is 11.9 Å². The smallest absolute Gasteiger partial charge is 0.254 e. The van der Waals surface area contributed by atoms with E-state index >= 15 is 0 Å². The van der Waals surface area contributed by atoms with Crippen LogP contribution in [0.3, 0.4) is 0 Å². The highest BCUT2D eigenvalue weighted by Gasteiger charge is 2.21. The van der Waals surface area contributed by atoms with Crippen LogP contribution in [-0.2, 0) is 6.42 Å². The van der Waals surface area contributed by atoms with Gasteiger partial charge in [0.05, 0.1) is 0 Å². The fourth-order valence-electron chi connectivity index (χ4n) is 2.93. The van der Waals surface area contributed by atoms with Crippen molar-refractivity contribution in [1.29, 1.82) is 0 Å². The van der Waals surface area contributed by atoms with Crippen LogP contribution in [0, 0.1) is 0 Å². The lowest BCUT2D eigenvalue weighted by Crippen LogP contribution is -2.35. The summed E-state index contributed by atoms with van der Waals surface area (Å²) in [4.78, 5) is 29.6. The summed E-state index contributed by atoms with van der Waals surface area (Å²) < 4.78 is 0. The fraction of sp³-hybridized carbons (Fsp3) is 0.444. The summed E-state index contributed by atoms with van der Waals surface area (Å²) in [6.45, 7) is 5.21. The molecule has 0 aliphatic carbocycles. The summed E-state index contributed by atoms with van der Waals surface area (Å²) in [5.41, 5.74) is 1.86. The van der Waals surface area contributed by atoms with Gasteiger partial charge in [0.2, 0.25) is 5.95 Å². The van der Waals surface area contributed by atoms with Crippen LogP contribution in [0.2, 0.25) is 0 Å². The molecule has 0 aromatic carbocycles. The Balaban J connectivity index is 1.63. The predicted molar refractivity (Wildman–Crippen MR) is 93.0 cm³/mol. The lowest BCUT2D eigenvalue weighted by Gasteiger charge is -2.22. The Bertz CT molecular complexity index is 659. The van der Waals surface area contributed by atoms with E-state index in [1.807, 2.05) is 17.3 Å². The van der Waals surface area contributed by atoms with Crippen molar-refractivity contribution < 1.29 is 4.79 Å². The zero-order valence-electron chi connectivity index (χ0n) is 14.1. The third-order valence-electron chi connectivity index (χ3n) is 4.22. The highest BCUT2D eigenvalue weighted by Crippen LogP contribution is 2.13. The summed E-state index contributed by atoms with van der Waals surface area (Å²) in [5.74, 6) is 0.825. The molecule has 0 atom stereocenters. The number of nitrogens with zero attached hydrogens (tertiary/aromatic N) is 5.